The van der Waals surface area contributed by atoms with E-state index >= 15 is 0 Å². The molecule has 0 radical (unpaired) electrons. The van der Waals surface area contributed by atoms with Crippen LogP contribution >= 0.6 is 23.8 Å². The second-order valence-corrected chi connectivity index (χ2v) is 4.75. The Bertz CT molecular complexity index is 631. The number of para-hydroxylation sites is 1. The molecule has 1 heterocycles. The van der Waals surface area contributed by atoms with Crippen LogP contribution in [0.3, 0.4) is 0 Å². The quantitative estimate of drug-likeness (QED) is 0.842. The second kappa shape index (κ2) is 4.50. The van der Waals surface area contributed by atoms with Crippen LogP contribution in [0.1, 0.15) is 19.4 Å². The van der Waals surface area contributed by atoms with Gasteiger partial charge >= 0.3 is 0 Å². The van der Waals surface area contributed by atoms with Crippen molar-refractivity contribution >= 4 is 40.8 Å². The standard InChI is InChI=1S/C11H12ClN3OS/c1-6(5-9(13)16)15-10-7(12)3-2-4-8(10)14-11(15)17/h2-4,6H,5H2,1H3,(H2,13,16)(H,14,17). The maximum Gasteiger partial charge on any atom is 0.219 e. The third-order valence-corrected chi connectivity index (χ3v) is 3.23. The van der Waals surface area contributed by atoms with Crippen molar-refractivity contribution in [3.05, 3.63) is 28.0 Å². The number of imidazole rings is 1. The van der Waals surface area contributed by atoms with Gasteiger partial charge in [0.05, 0.1) is 16.1 Å². The number of hydrogen-bond acceptors (Lipinski definition) is 2. The van der Waals surface area contributed by atoms with Crippen LogP contribution in [0.2, 0.25) is 5.02 Å². The molecule has 90 valence electrons. The molecule has 6 heteroatoms. The zero-order valence-electron chi connectivity index (χ0n) is 9.24. The predicted molar refractivity (Wildman–Crippen MR) is 70.7 cm³/mol. The van der Waals surface area contributed by atoms with E-state index in [2.05, 4.69) is 4.98 Å². The van der Waals surface area contributed by atoms with Gasteiger partial charge in [0.25, 0.3) is 0 Å². The molecule has 0 saturated carbocycles. The zero-order valence-corrected chi connectivity index (χ0v) is 10.8. The molecule has 0 bridgehead atoms. The van der Waals surface area contributed by atoms with Gasteiger partial charge in [0.1, 0.15) is 0 Å². The van der Waals surface area contributed by atoms with E-state index in [1.807, 2.05) is 23.6 Å². The van der Waals surface area contributed by atoms with Crippen LogP contribution in [0, 0.1) is 4.77 Å². The van der Waals surface area contributed by atoms with Crippen LogP contribution in [0.5, 0.6) is 0 Å². The first-order valence-corrected chi connectivity index (χ1v) is 5.96. The number of aromatic amines is 1. The summed E-state index contributed by atoms with van der Waals surface area (Å²) >= 11 is 11.4. The number of primary amides is 1. The van der Waals surface area contributed by atoms with Crippen molar-refractivity contribution in [2.24, 2.45) is 5.73 Å². The largest absolute Gasteiger partial charge is 0.370 e. The predicted octanol–water partition coefficient (Wildman–Crippen LogP) is 2.79. The fourth-order valence-corrected chi connectivity index (χ4v) is 2.59. The number of carbonyl (C=O) groups is 1. The van der Waals surface area contributed by atoms with Crippen molar-refractivity contribution in [2.75, 3.05) is 0 Å². The lowest BCUT2D eigenvalue weighted by atomic mass is 10.2. The molecule has 1 atom stereocenters. The third-order valence-electron chi connectivity index (χ3n) is 2.63. The summed E-state index contributed by atoms with van der Waals surface area (Å²) < 4.78 is 2.37. The van der Waals surface area contributed by atoms with Crippen LogP contribution in [-0.2, 0) is 4.79 Å². The Labute approximate surface area is 108 Å². The topological polar surface area (TPSA) is 63.8 Å². The normalized spacial score (nSPS) is 12.8. The van der Waals surface area contributed by atoms with Crippen LogP contribution in [0.4, 0.5) is 0 Å². The highest BCUT2D eigenvalue weighted by molar-refractivity contribution is 7.71. The molecular formula is C11H12ClN3OS. The summed E-state index contributed by atoms with van der Waals surface area (Å²) in [6, 6.07) is 5.41. The van der Waals surface area contributed by atoms with E-state index in [0.717, 1.165) is 11.0 Å². The number of nitrogens with zero attached hydrogens (tertiary/aromatic N) is 1. The van der Waals surface area contributed by atoms with Gasteiger partial charge in [-0.2, -0.15) is 0 Å². The van der Waals surface area contributed by atoms with E-state index in [1.54, 1.807) is 6.07 Å². The summed E-state index contributed by atoms with van der Waals surface area (Å²) in [5, 5.41) is 0.603. The number of nitrogens with two attached hydrogens (primary N) is 1. The number of nitrogens with one attached hydrogen (secondary N) is 1. The molecule has 4 nitrogen and oxygen atoms in total. The molecule has 0 aliphatic rings. The molecule has 2 aromatic rings. The van der Waals surface area contributed by atoms with Gasteiger partial charge in [-0.25, -0.2) is 0 Å². The van der Waals surface area contributed by atoms with Gasteiger partial charge in [0.2, 0.25) is 5.91 Å². The first kappa shape index (κ1) is 12.1. The molecule has 1 unspecified atom stereocenters. The van der Waals surface area contributed by atoms with E-state index in [0.29, 0.717) is 9.79 Å². The lowest BCUT2D eigenvalue weighted by Crippen LogP contribution is -2.17. The molecular weight excluding hydrogens is 258 g/mol. The number of halogens is 1. The summed E-state index contributed by atoms with van der Waals surface area (Å²) in [7, 11) is 0. The van der Waals surface area contributed by atoms with Crippen molar-refractivity contribution in [2.45, 2.75) is 19.4 Å². The second-order valence-electron chi connectivity index (χ2n) is 3.96. The fourth-order valence-electron chi connectivity index (χ4n) is 1.94. The highest BCUT2D eigenvalue weighted by atomic mass is 35.5. The van der Waals surface area contributed by atoms with Crippen molar-refractivity contribution in [3.63, 3.8) is 0 Å². The number of amides is 1. The first-order chi connectivity index (χ1) is 8.00. The number of aromatic nitrogens is 2. The van der Waals surface area contributed by atoms with Gasteiger partial charge in [-0.15, -0.1) is 0 Å². The van der Waals surface area contributed by atoms with Crippen LogP contribution in [0.15, 0.2) is 18.2 Å². The lowest BCUT2D eigenvalue weighted by Gasteiger charge is -2.13. The van der Waals surface area contributed by atoms with E-state index in [-0.39, 0.29) is 18.4 Å². The number of hydrogen-bond donors (Lipinski definition) is 2. The van der Waals surface area contributed by atoms with Gasteiger partial charge in [-0.1, -0.05) is 17.7 Å². The summed E-state index contributed by atoms with van der Waals surface area (Å²) in [4.78, 5) is 14.0. The molecule has 0 aliphatic carbocycles. The SMILES string of the molecule is CC(CC(N)=O)n1c(=S)[nH]c2cccc(Cl)c21. The Morgan fingerprint density at radius 1 is 1.65 bits per heavy atom. The van der Waals surface area contributed by atoms with E-state index in [9.17, 15) is 4.79 Å². The van der Waals surface area contributed by atoms with Gasteiger partial charge < -0.3 is 15.3 Å². The molecule has 0 aliphatic heterocycles. The Morgan fingerprint density at radius 2 is 2.35 bits per heavy atom. The average Bonchev–Trinajstić information content (AvgIpc) is 2.54. The Balaban J connectivity index is 2.64. The molecule has 0 fully saturated rings. The van der Waals surface area contributed by atoms with Gasteiger partial charge in [-0.05, 0) is 31.3 Å². The molecule has 2 rings (SSSR count). The van der Waals surface area contributed by atoms with Crippen molar-refractivity contribution in [3.8, 4) is 0 Å². The van der Waals surface area contributed by atoms with Crippen LogP contribution < -0.4 is 5.73 Å². The molecule has 17 heavy (non-hydrogen) atoms. The summed E-state index contributed by atoms with van der Waals surface area (Å²) in [5.74, 6) is -0.360. The van der Waals surface area contributed by atoms with Crippen molar-refractivity contribution in [1.29, 1.82) is 0 Å². The minimum atomic E-state index is -0.360. The molecule has 1 aromatic carbocycles. The molecule has 1 amide bonds. The maximum absolute atomic E-state index is 11.0. The number of benzene rings is 1. The Morgan fingerprint density at radius 3 is 3.00 bits per heavy atom. The molecule has 0 saturated heterocycles. The minimum absolute atomic E-state index is 0.117. The summed E-state index contributed by atoms with van der Waals surface area (Å²) in [6.07, 6.45) is 0.229. The summed E-state index contributed by atoms with van der Waals surface area (Å²) in [6.45, 7) is 1.89. The molecule has 1 aromatic heterocycles. The van der Waals surface area contributed by atoms with Crippen LogP contribution in [-0.4, -0.2) is 15.5 Å². The average molecular weight is 270 g/mol. The minimum Gasteiger partial charge on any atom is -0.370 e. The molecule has 3 N–H and O–H groups in total. The monoisotopic (exact) mass is 269 g/mol. The zero-order chi connectivity index (χ0) is 12.6. The van der Waals surface area contributed by atoms with E-state index in [1.165, 1.54) is 0 Å². The number of carbonyl (C=O) groups excluding carboxylic acids is 1. The van der Waals surface area contributed by atoms with E-state index < -0.39 is 0 Å². The van der Waals surface area contributed by atoms with Gasteiger partial charge in [0, 0.05) is 12.5 Å². The summed E-state index contributed by atoms with van der Waals surface area (Å²) in [5.41, 5.74) is 6.88. The van der Waals surface area contributed by atoms with Crippen molar-refractivity contribution in [1.82, 2.24) is 9.55 Å². The van der Waals surface area contributed by atoms with E-state index in [4.69, 9.17) is 29.6 Å². The number of rotatable bonds is 3. The Hall–Kier alpha value is -1.33. The third kappa shape index (κ3) is 2.21. The van der Waals surface area contributed by atoms with Gasteiger partial charge in [0.15, 0.2) is 4.77 Å². The fraction of sp³-hybridized carbons (Fsp3) is 0.273. The van der Waals surface area contributed by atoms with Crippen molar-refractivity contribution < 1.29 is 4.79 Å². The maximum atomic E-state index is 11.0. The highest BCUT2D eigenvalue weighted by Crippen LogP contribution is 2.27. The van der Waals surface area contributed by atoms with Gasteiger partial charge in [-0.3, -0.25) is 4.79 Å². The smallest absolute Gasteiger partial charge is 0.219 e. The highest BCUT2D eigenvalue weighted by Gasteiger charge is 2.15. The molecule has 0 spiro atoms. The lowest BCUT2D eigenvalue weighted by molar-refractivity contribution is -0.118. The number of H-pyrrole nitrogens is 1. The Kier molecular flexibility index (Phi) is 3.22. The number of fused-ring (bicyclic) bond motifs is 1. The first-order valence-electron chi connectivity index (χ1n) is 5.17. The van der Waals surface area contributed by atoms with Crippen LogP contribution in [0.25, 0.3) is 11.0 Å².